The molecule has 20 heavy (non-hydrogen) atoms. The van der Waals surface area contributed by atoms with Crippen molar-refractivity contribution in [2.45, 2.75) is 6.92 Å². The minimum absolute atomic E-state index is 0.143. The third-order valence-corrected chi connectivity index (χ3v) is 3.77. The van der Waals surface area contributed by atoms with Gasteiger partial charge in [0.15, 0.2) is 0 Å². The Morgan fingerprint density at radius 2 is 1.80 bits per heavy atom. The summed E-state index contributed by atoms with van der Waals surface area (Å²) in [6.07, 6.45) is 0. The Bertz CT molecular complexity index is 651. The molecule has 0 aromatic heterocycles. The number of halogens is 1. The highest BCUT2D eigenvalue weighted by Crippen LogP contribution is 2.15. The molecule has 102 valence electrons. The lowest BCUT2D eigenvalue weighted by molar-refractivity contribution is 0.102. The maximum Gasteiger partial charge on any atom is 0.256 e. The first-order valence-electron chi connectivity index (χ1n) is 5.97. The highest BCUT2D eigenvalue weighted by molar-refractivity contribution is 14.1. The van der Waals surface area contributed by atoms with E-state index >= 15 is 0 Å². The molecule has 0 unspecified atom stereocenters. The first-order chi connectivity index (χ1) is 9.61. The molecule has 0 saturated heterocycles. The van der Waals surface area contributed by atoms with Gasteiger partial charge in [-0.3, -0.25) is 4.79 Å². The summed E-state index contributed by atoms with van der Waals surface area (Å²) in [5, 5.41) is 14.7. The number of amides is 1. The lowest BCUT2D eigenvalue weighted by Crippen LogP contribution is -2.13. The van der Waals surface area contributed by atoms with E-state index in [4.69, 9.17) is 5.21 Å². The third kappa shape index (κ3) is 3.36. The van der Waals surface area contributed by atoms with Crippen LogP contribution in [0.2, 0.25) is 0 Å². The highest BCUT2D eigenvalue weighted by Gasteiger charge is 2.09. The molecule has 1 amide bonds. The van der Waals surface area contributed by atoms with Crippen LogP contribution in [0.5, 0.6) is 0 Å². The molecule has 5 heteroatoms. The molecular formula is C15H13IN2O2. The number of oxime groups is 1. The van der Waals surface area contributed by atoms with E-state index in [-0.39, 0.29) is 5.91 Å². The number of carbonyl (C=O) groups is 1. The summed E-state index contributed by atoms with van der Waals surface area (Å²) in [5.74, 6) is -0.143. The Hall–Kier alpha value is -1.89. The first-order valence-corrected chi connectivity index (χ1v) is 7.04. The van der Waals surface area contributed by atoms with Crippen LogP contribution >= 0.6 is 22.6 Å². The first kappa shape index (κ1) is 14.5. The third-order valence-electron chi connectivity index (χ3n) is 2.83. The van der Waals surface area contributed by atoms with Crippen LogP contribution in [0.25, 0.3) is 0 Å². The predicted octanol–water partition coefficient (Wildman–Crippen LogP) is 3.74. The quantitative estimate of drug-likeness (QED) is 0.369. The molecular weight excluding hydrogens is 367 g/mol. The molecule has 0 aliphatic rings. The number of nitrogens with one attached hydrogen (secondary N) is 1. The molecule has 0 fully saturated rings. The van der Waals surface area contributed by atoms with Crippen LogP contribution in [-0.2, 0) is 0 Å². The van der Waals surface area contributed by atoms with E-state index in [0.717, 1.165) is 9.13 Å². The predicted molar refractivity (Wildman–Crippen MR) is 87.6 cm³/mol. The highest BCUT2D eigenvalue weighted by atomic mass is 127. The Morgan fingerprint density at radius 3 is 2.40 bits per heavy atom. The van der Waals surface area contributed by atoms with E-state index in [1.807, 2.05) is 18.2 Å². The molecule has 0 saturated carbocycles. The van der Waals surface area contributed by atoms with Crippen molar-refractivity contribution in [2.24, 2.45) is 5.16 Å². The summed E-state index contributed by atoms with van der Waals surface area (Å²) in [6.45, 7) is 1.71. The zero-order valence-electron chi connectivity index (χ0n) is 10.8. The van der Waals surface area contributed by atoms with E-state index < -0.39 is 0 Å². The number of hydrogen-bond acceptors (Lipinski definition) is 3. The molecule has 0 bridgehead atoms. The normalized spacial score (nSPS) is 11.2. The summed E-state index contributed by atoms with van der Waals surface area (Å²) >= 11 is 2.13. The summed E-state index contributed by atoms with van der Waals surface area (Å²) in [4.78, 5) is 12.1. The van der Waals surface area contributed by atoms with Crippen molar-refractivity contribution in [1.82, 2.24) is 0 Å². The fourth-order valence-electron chi connectivity index (χ4n) is 1.70. The van der Waals surface area contributed by atoms with Crippen LogP contribution in [-0.4, -0.2) is 16.8 Å². The minimum Gasteiger partial charge on any atom is -0.411 e. The molecule has 0 aliphatic heterocycles. The van der Waals surface area contributed by atoms with E-state index in [1.165, 1.54) is 0 Å². The summed E-state index contributed by atoms with van der Waals surface area (Å²) in [5.41, 5.74) is 2.68. The number of anilines is 1. The minimum atomic E-state index is -0.143. The van der Waals surface area contributed by atoms with Gasteiger partial charge in [0.05, 0.1) is 11.3 Å². The summed E-state index contributed by atoms with van der Waals surface area (Å²) in [7, 11) is 0. The number of carbonyl (C=O) groups excluding carboxylic acids is 1. The van der Waals surface area contributed by atoms with Gasteiger partial charge in [-0.05, 0) is 59.3 Å². The zero-order chi connectivity index (χ0) is 14.5. The van der Waals surface area contributed by atoms with E-state index in [1.54, 1.807) is 37.3 Å². The van der Waals surface area contributed by atoms with Gasteiger partial charge in [-0.25, -0.2) is 0 Å². The zero-order valence-corrected chi connectivity index (χ0v) is 13.0. The molecule has 2 aromatic carbocycles. The van der Waals surface area contributed by atoms with Gasteiger partial charge in [0, 0.05) is 9.26 Å². The van der Waals surface area contributed by atoms with Crippen LogP contribution in [0.3, 0.4) is 0 Å². The van der Waals surface area contributed by atoms with Gasteiger partial charge in [-0.2, -0.15) is 0 Å². The molecule has 2 rings (SSSR count). The fraction of sp³-hybridized carbons (Fsp3) is 0.0667. The average Bonchev–Trinajstić information content (AvgIpc) is 2.47. The van der Waals surface area contributed by atoms with Crippen molar-refractivity contribution in [2.75, 3.05) is 5.32 Å². The Labute approximate surface area is 130 Å². The Balaban J connectivity index is 2.15. The molecule has 0 heterocycles. The van der Waals surface area contributed by atoms with Gasteiger partial charge in [-0.15, -0.1) is 0 Å². The van der Waals surface area contributed by atoms with Crippen LogP contribution < -0.4 is 5.32 Å². The van der Waals surface area contributed by atoms with Crippen molar-refractivity contribution in [3.8, 4) is 0 Å². The van der Waals surface area contributed by atoms with E-state index in [0.29, 0.717) is 17.0 Å². The van der Waals surface area contributed by atoms with Crippen molar-refractivity contribution in [1.29, 1.82) is 0 Å². The number of benzene rings is 2. The monoisotopic (exact) mass is 380 g/mol. The van der Waals surface area contributed by atoms with Crippen molar-refractivity contribution < 1.29 is 10.0 Å². The van der Waals surface area contributed by atoms with Crippen LogP contribution in [0.4, 0.5) is 5.69 Å². The fourth-order valence-corrected chi connectivity index (χ4v) is 2.33. The SMILES string of the molecule is C/C(=N\O)c1ccc(NC(=O)c2ccccc2I)cc1. The standard InChI is InChI=1S/C15H13IN2O2/c1-10(18-20)11-6-8-12(9-7-11)17-15(19)13-4-2-3-5-14(13)16/h2-9,20H,1H3,(H,17,19)/b18-10+. The lowest BCUT2D eigenvalue weighted by Gasteiger charge is -2.07. The molecule has 2 aromatic rings. The van der Waals surface area contributed by atoms with E-state index in [2.05, 4.69) is 33.1 Å². The van der Waals surface area contributed by atoms with Crippen molar-refractivity contribution in [3.63, 3.8) is 0 Å². The molecule has 0 aliphatic carbocycles. The van der Waals surface area contributed by atoms with Gasteiger partial charge >= 0.3 is 0 Å². The largest absolute Gasteiger partial charge is 0.411 e. The van der Waals surface area contributed by atoms with Gasteiger partial charge in [0.2, 0.25) is 0 Å². The second-order valence-electron chi connectivity index (χ2n) is 4.20. The molecule has 2 N–H and O–H groups in total. The van der Waals surface area contributed by atoms with Gasteiger partial charge in [0.1, 0.15) is 0 Å². The second-order valence-corrected chi connectivity index (χ2v) is 5.36. The summed E-state index contributed by atoms with van der Waals surface area (Å²) in [6, 6.07) is 14.5. The maximum absolute atomic E-state index is 12.1. The second kappa shape index (κ2) is 6.51. The maximum atomic E-state index is 12.1. The number of hydrogen-bond donors (Lipinski definition) is 2. The van der Waals surface area contributed by atoms with Crippen molar-refractivity contribution >= 4 is 39.9 Å². The molecule has 0 radical (unpaired) electrons. The number of rotatable bonds is 3. The van der Waals surface area contributed by atoms with E-state index in [9.17, 15) is 4.79 Å². The van der Waals surface area contributed by atoms with Crippen molar-refractivity contribution in [3.05, 3.63) is 63.2 Å². The Kier molecular flexibility index (Phi) is 4.73. The number of nitrogens with zero attached hydrogens (tertiary/aromatic N) is 1. The summed E-state index contributed by atoms with van der Waals surface area (Å²) < 4.78 is 0.905. The lowest BCUT2D eigenvalue weighted by atomic mass is 10.1. The Morgan fingerprint density at radius 1 is 1.15 bits per heavy atom. The van der Waals surface area contributed by atoms with Gasteiger partial charge < -0.3 is 10.5 Å². The average molecular weight is 380 g/mol. The molecule has 0 atom stereocenters. The molecule has 4 nitrogen and oxygen atoms in total. The van der Waals surface area contributed by atoms with Gasteiger partial charge in [0.25, 0.3) is 5.91 Å². The van der Waals surface area contributed by atoms with Crippen LogP contribution in [0.15, 0.2) is 53.7 Å². The smallest absolute Gasteiger partial charge is 0.256 e. The topological polar surface area (TPSA) is 61.7 Å². The van der Waals surface area contributed by atoms with Crippen LogP contribution in [0, 0.1) is 3.57 Å². The van der Waals surface area contributed by atoms with Gasteiger partial charge in [-0.1, -0.05) is 29.4 Å². The van der Waals surface area contributed by atoms with Crippen LogP contribution in [0.1, 0.15) is 22.8 Å². The molecule has 0 spiro atoms.